The lowest BCUT2D eigenvalue weighted by Crippen LogP contribution is -2.07. The molecule has 114 valence electrons. The Morgan fingerprint density at radius 1 is 1.27 bits per heavy atom. The van der Waals surface area contributed by atoms with Gasteiger partial charge in [-0.05, 0) is 17.7 Å². The molecule has 3 heterocycles. The van der Waals surface area contributed by atoms with Gasteiger partial charge in [-0.15, -0.1) is 0 Å². The number of halogens is 1. The van der Waals surface area contributed by atoms with Crippen molar-refractivity contribution < 1.29 is 10.2 Å². The van der Waals surface area contributed by atoms with E-state index in [0.717, 1.165) is 0 Å². The molecule has 0 saturated heterocycles. The van der Waals surface area contributed by atoms with Crippen LogP contribution in [-0.2, 0) is 13.2 Å². The standard InChI is InChI=1S/C12H12ClN7O2/c13-12-17-9-7(5-22)19-20(3-4-21)10(9)11(18-12)16-8-1-2-14-6-15-8/h1-2,6,21-22H,3-5H2,(H,14,15,16,17,18). The van der Waals surface area contributed by atoms with E-state index in [1.165, 1.54) is 11.0 Å². The Balaban J connectivity index is 2.17. The van der Waals surface area contributed by atoms with E-state index in [2.05, 4.69) is 30.4 Å². The van der Waals surface area contributed by atoms with Crippen LogP contribution in [0.15, 0.2) is 18.6 Å². The van der Waals surface area contributed by atoms with Gasteiger partial charge in [-0.3, -0.25) is 4.68 Å². The first kappa shape index (κ1) is 14.6. The Kier molecular flexibility index (Phi) is 4.09. The van der Waals surface area contributed by atoms with Crippen LogP contribution in [0.2, 0.25) is 5.28 Å². The van der Waals surface area contributed by atoms with Crippen molar-refractivity contribution in [2.24, 2.45) is 0 Å². The van der Waals surface area contributed by atoms with E-state index >= 15 is 0 Å². The van der Waals surface area contributed by atoms with Gasteiger partial charge in [-0.25, -0.2) is 15.0 Å². The smallest absolute Gasteiger partial charge is 0.225 e. The molecule has 0 aliphatic carbocycles. The fraction of sp³-hybridized carbons (Fsp3) is 0.250. The normalized spacial score (nSPS) is 11.0. The molecule has 0 amide bonds. The quantitative estimate of drug-likeness (QED) is 0.581. The van der Waals surface area contributed by atoms with Crippen LogP contribution in [0.1, 0.15) is 5.69 Å². The van der Waals surface area contributed by atoms with Crippen molar-refractivity contribution in [2.75, 3.05) is 11.9 Å². The Bertz CT molecular complexity index is 793. The SMILES string of the molecule is OCCn1nc(CO)c2nc(Cl)nc(Nc3ccncn3)c21. The molecule has 0 aliphatic rings. The summed E-state index contributed by atoms with van der Waals surface area (Å²) < 4.78 is 1.51. The maximum absolute atomic E-state index is 9.41. The van der Waals surface area contributed by atoms with Gasteiger partial charge in [0, 0.05) is 6.20 Å². The van der Waals surface area contributed by atoms with Crippen molar-refractivity contribution in [3.05, 3.63) is 29.6 Å². The van der Waals surface area contributed by atoms with E-state index in [1.807, 2.05) is 0 Å². The van der Waals surface area contributed by atoms with Crippen LogP contribution in [-0.4, -0.2) is 46.5 Å². The van der Waals surface area contributed by atoms with Gasteiger partial charge in [0.05, 0.1) is 19.8 Å². The topological polar surface area (TPSA) is 122 Å². The summed E-state index contributed by atoms with van der Waals surface area (Å²) in [6.07, 6.45) is 2.98. The number of hydrogen-bond donors (Lipinski definition) is 3. The van der Waals surface area contributed by atoms with Crippen LogP contribution in [0.5, 0.6) is 0 Å². The Labute approximate surface area is 129 Å². The number of anilines is 2. The molecular weight excluding hydrogens is 310 g/mol. The summed E-state index contributed by atoms with van der Waals surface area (Å²) in [5, 5.41) is 25.8. The average molecular weight is 322 g/mol. The van der Waals surface area contributed by atoms with Crippen molar-refractivity contribution in [3.8, 4) is 0 Å². The third kappa shape index (κ3) is 2.69. The molecule has 0 radical (unpaired) electrons. The van der Waals surface area contributed by atoms with Crippen LogP contribution in [0, 0.1) is 0 Å². The number of aliphatic hydroxyl groups excluding tert-OH is 2. The molecule has 0 saturated carbocycles. The fourth-order valence-corrected chi connectivity index (χ4v) is 2.22. The number of fused-ring (bicyclic) bond motifs is 1. The number of nitrogens with one attached hydrogen (secondary N) is 1. The largest absolute Gasteiger partial charge is 0.394 e. The van der Waals surface area contributed by atoms with E-state index in [1.54, 1.807) is 12.3 Å². The summed E-state index contributed by atoms with van der Waals surface area (Å²) >= 11 is 5.94. The summed E-state index contributed by atoms with van der Waals surface area (Å²) in [7, 11) is 0. The molecule has 0 unspecified atom stereocenters. The predicted octanol–water partition coefficient (Wildman–Crippen LogP) is 0.498. The van der Waals surface area contributed by atoms with Crippen LogP contribution >= 0.6 is 11.6 Å². The number of hydrogen-bond acceptors (Lipinski definition) is 8. The van der Waals surface area contributed by atoms with E-state index in [4.69, 9.17) is 16.7 Å². The molecule has 0 atom stereocenters. The molecule has 9 nitrogen and oxygen atoms in total. The Hall–Kier alpha value is -2.36. The highest BCUT2D eigenvalue weighted by Crippen LogP contribution is 2.27. The van der Waals surface area contributed by atoms with Gasteiger partial charge < -0.3 is 15.5 Å². The van der Waals surface area contributed by atoms with Crippen LogP contribution in [0.25, 0.3) is 11.0 Å². The monoisotopic (exact) mass is 321 g/mol. The molecule has 0 spiro atoms. The zero-order valence-corrected chi connectivity index (χ0v) is 12.1. The van der Waals surface area contributed by atoms with Crippen molar-refractivity contribution in [3.63, 3.8) is 0 Å². The lowest BCUT2D eigenvalue weighted by molar-refractivity contribution is 0.262. The van der Waals surface area contributed by atoms with Gasteiger partial charge in [0.1, 0.15) is 28.9 Å². The molecule has 3 rings (SSSR count). The minimum absolute atomic E-state index is 0.0160. The highest BCUT2D eigenvalue weighted by Gasteiger charge is 2.18. The van der Waals surface area contributed by atoms with E-state index in [9.17, 15) is 5.11 Å². The fourth-order valence-electron chi connectivity index (χ4n) is 2.05. The number of aromatic nitrogens is 6. The van der Waals surface area contributed by atoms with Crippen LogP contribution < -0.4 is 5.32 Å². The molecule has 10 heteroatoms. The van der Waals surface area contributed by atoms with Gasteiger partial charge in [0.2, 0.25) is 5.28 Å². The molecule has 3 aromatic heterocycles. The number of aliphatic hydroxyl groups is 2. The summed E-state index contributed by atoms with van der Waals surface area (Å²) in [5.41, 5.74) is 1.31. The molecule has 0 aliphatic heterocycles. The molecule has 0 bridgehead atoms. The molecule has 22 heavy (non-hydrogen) atoms. The van der Waals surface area contributed by atoms with Crippen molar-refractivity contribution in [1.29, 1.82) is 0 Å². The zero-order chi connectivity index (χ0) is 15.5. The second kappa shape index (κ2) is 6.18. The van der Waals surface area contributed by atoms with Gasteiger partial charge in [-0.2, -0.15) is 10.1 Å². The molecule has 3 aromatic rings. The second-order valence-electron chi connectivity index (χ2n) is 4.31. The van der Waals surface area contributed by atoms with Gasteiger partial charge in [0.25, 0.3) is 0 Å². The lowest BCUT2D eigenvalue weighted by Gasteiger charge is -2.08. The summed E-state index contributed by atoms with van der Waals surface area (Å²) in [6, 6.07) is 1.67. The van der Waals surface area contributed by atoms with Gasteiger partial charge in [0.15, 0.2) is 5.82 Å². The highest BCUT2D eigenvalue weighted by molar-refractivity contribution is 6.28. The third-order valence-electron chi connectivity index (χ3n) is 2.92. The zero-order valence-electron chi connectivity index (χ0n) is 11.3. The Morgan fingerprint density at radius 3 is 2.82 bits per heavy atom. The first-order valence-electron chi connectivity index (χ1n) is 6.40. The highest BCUT2D eigenvalue weighted by atomic mass is 35.5. The van der Waals surface area contributed by atoms with E-state index in [0.29, 0.717) is 28.4 Å². The maximum Gasteiger partial charge on any atom is 0.225 e. The lowest BCUT2D eigenvalue weighted by atomic mass is 10.3. The van der Waals surface area contributed by atoms with Crippen LogP contribution in [0.3, 0.4) is 0 Å². The average Bonchev–Trinajstić information content (AvgIpc) is 2.86. The Morgan fingerprint density at radius 2 is 2.14 bits per heavy atom. The minimum Gasteiger partial charge on any atom is -0.394 e. The summed E-state index contributed by atoms with van der Waals surface area (Å²) in [5.74, 6) is 0.905. The molecule has 0 aromatic carbocycles. The second-order valence-corrected chi connectivity index (χ2v) is 4.65. The van der Waals surface area contributed by atoms with E-state index < -0.39 is 0 Å². The number of nitrogens with zero attached hydrogens (tertiary/aromatic N) is 6. The summed E-state index contributed by atoms with van der Waals surface area (Å²) in [4.78, 5) is 16.2. The van der Waals surface area contributed by atoms with Crippen molar-refractivity contribution >= 4 is 34.3 Å². The first-order valence-corrected chi connectivity index (χ1v) is 6.78. The van der Waals surface area contributed by atoms with Gasteiger partial charge in [-0.1, -0.05) is 0 Å². The minimum atomic E-state index is -0.296. The van der Waals surface area contributed by atoms with Gasteiger partial charge >= 0.3 is 0 Å². The summed E-state index contributed by atoms with van der Waals surface area (Å²) in [6.45, 7) is -0.174. The maximum atomic E-state index is 9.41. The van der Waals surface area contributed by atoms with Crippen molar-refractivity contribution in [2.45, 2.75) is 13.2 Å². The first-order chi connectivity index (χ1) is 10.7. The number of rotatable bonds is 5. The van der Waals surface area contributed by atoms with Crippen LogP contribution in [0.4, 0.5) is 11.6 Å². The third-order valence-corrected chi connectivity index (χ3v) is 3.09. The van der Waals surface area contributed by atoms with Crippen molar-refractivity contribution in [1.82, 2.24) is 29.7 Å². The molecule has 0 fully saturated rings. The predicted molar refractivity (Wildman–Crippen MR) is 78.7 cm³/mol. The van der Waals surface area contributed by atoms with E-state index in [-0.39, 0.29) is 25.0 Å². The molecular formula is C12H12ClN7O2. The molecule has 3 N–H and O–H groups in total.